The molecule has 166 valence electrons. The zero-order valence-corrected chi connectivity index (χ0v) is 19.9. The van der Waals surface area contributed by atoms with E-state index in [1.165, 1.54) is 5.56 Å². The number of ether oxygens (including phenoxy) is 1. The summed E-state index contributed by atoms with van der Waals surface area (Å²) in [6.45, 7) is 5.61. The zero-order chi connectivity index (χ0) is 22.9. The van der Waals surface area contributed by atoms with Crippen molar-refractivity contribution in [2.45, 2.75) is 20.3 Å². The molecular weight excluding hydrogens is 468 g/mol. The lowest BCUT2D eigenvalue weighted by atomic mass is 10.1. The van der Waals surface area contributed by atoms with Crippen LogP contribution in [0.1, 0.15) is 40.1 Å². The van der Waals surface area contributed by atoms with Gasteiger partial charge in [-0.15, -0.1) is 0 Å². The first-order valence-corrected chi connectivity index (χ1v) is 11.5. The van der Waals surface area contributed by atoms with Crippen molar-refractivity contribution in [3.05, 3.63) is 94.0 Å². The molecule has 3 rings (SSSR count). The van der Waals surface area contributed by atoms with Gasteiger partial charge in [-0.3, -0.25) is 9.59 Å². The van der Waals surface area contributed by atoms with E-state index in [9.17, 15) is 9.59 Å². The van der Waals surface area contributed by atoms with Crippen LogP contribution in [-0.4, -0.2) is 36.4 Å². The number of carbonyl (C=O) groups excluding carboxylic acids is 2. The Hall–Kier alpha value is -3.12. The summed E-state index contributed by atoms with van der Waals surface area (Å²) in [5.41, 5.74) is 2.70. The third-order valence-corrected chi connectivity index (χ3v) is 5.59. The fraction of sp³-hybridized carbons (Fsp3) is 0.231. The molecule has 0 aliphatic rings. The quantitative estimate of drug-likeness (QED) is 0.408. The van der Waals surface area contributed by atoms with Gasteiger partial charge in [-0.1, -0.05) is 52.3 Å². The molecule has 0 aliphatic heterocycles. The molecule has 0 heterocycles. The predicted molar refractivity (Wildman–Crippen MR) is 131 cm³/mol. The second-order valence-electron chi connectivity index (χ2n) is 7.24. The highest BCUT2D eigenvalue weighted by atomic mass is 79.9. The van der Waals surface area contributed by atoms with Gasteiger partial charge in [0.25, 0.3) is 11.8 Å². The van der Waals surface area contributed by atoms with Crippen LogP contribution in [0.3, 0.4) is 0 Å². The first-order chi connectivity index (χ1) is 15.5. The smallest absolute Gasteiger partial charge is 0.259 e. The lowest BCUT2D eigenvalue weighted by Gasteiger charge is -2.19. The van der Waals surface area contributed by atoms with Gasteiger partial charge in [-0.25, -0.2) is 0 Å². The molecule has 0 saturated heterocycles. The molecular formula is C26H27BrN2O3. The van der Waals surface area contributed by atoms with Gasteiger partial charge in [0.2, 0.25) is 0 Å². The first-order valence-electron chi connectivity index (χ1n) is 10.7. The van der Waals surface area contributed by atoms with Crippen molar-refractivity contribution in [1.82, 2.24) is 4.90 Å². The van der Waals surface area contributed by atoms with E-state index in [-0.39, 0.29) is 11.8 Å². The van der Waals surface area contributed by atoms with E-state index in [2.05, 4.69) is 21.2 Å². The Morgan fingerprint density at radius 3 is 2.41 bits per heavy atom. The van der Waals surface area contributed by atoms with E-state index >= 15 is 0 Å². The highest BCUT2D eigenvalue weighted by Crippen LogP contribution is 2.25. The van der Waals surface area contributed by atoms with Gasteiger partial charge in [0, 0.05) is 35.2 Å². The van der Waals surface area contributed by atoms with Crippen LogP contribution in [0.25, 0.3) is 0 Å². The van der Waals surface area contributed by atoms with Crippen molar-refractivity contribution >= 4 is 33.4 Å². The molecule has 5 nitrogen and oxygen atoms in total. The standard InChI is InChI=1S/C26H27BrN2O3/c1-3-29(4-2)26(31)20-11-8-12-22(17-20)28-25(30)23-18-21(27)13-14-24(23)32-16-15-19-9-6-5-7-10-19/h5-14,17-18H,3-4,15-16H2,1-2H3,(H,28,30). The number of nitrogens with one attached hydrogen (secondary N) is 1. The Bertz CT molecular complexity index is 1070. The van der Waals surface area contributed by atoms with Crippen LogP contribution in [0.2, 0.25) is 0 Å². The van der Waals surface area contributed by atoms with Crippen molar-refractivity contribution in [2.24, 2.45) is 0 Å². The van der Waals surface area contributed by atoms with Crippen molar-refractivity contribution in [3.8, 4) is 5.75 Å². The number of halogens is 1. The van der Waals surface area contributed by atoms with Gasteiger partial charge in [-0.2, -0.15) is 0 Å². The summed E-state index contributed by atoms with van der Waals surface area (Å²) in [7, 11) is 0. The molecule has 0 aromatic heterocycles. The second-order valence-corrected chi connectivity index (χ2v) is 8.15. The van der Waals surface area contributed by atoms with E-state index in [1.54, 1.807) is 41.3 Å². The average molecular weight is 495 g/mol. The number of hydrogen-bond acceptors (Lipinski definition) is 3. The summed E-state index contributed by atoms with van der Waals surface area (Å²) in [5, 5.41) is 2.89. The lowest BCUT2D eigenvalue weighted by molar-refractivity contribution is 0.0772. The monoisotopic (exact) mass is 494 g/mol. The molecule has 0 unspecified atom stereocenters. The fourth-order valence-corrected chi connectivity index (χ4v) is 3.71. The number of nitrogens with zero attached hydrogens (tertiary/aromatic N) is 1. The van der Waals surface area contributed by atoms with Gasteiger partial charge in [0.15, 0.2) is 0 Å². The van der Waals surface area contributed by atoms with Crippen molar-refractivity contribution in [1.29, 1.82) is 0 Å². The average Bonchev–Trinajstić information content (AvgIpc) is 2.81. The maximum absolute atomic E-state index is 13.0. The summed E-state index contributed by atoms with van der Waals surface area (Å²) >= 11 is 3.43. The summed E-state index contributed by atoms with van der Waals surface area (Å²) < 4.78 is 6.72. The van der Waals surface area contributed by atoms with Crippen LogP contribution in [0.15, 0.2) is 77.3 Å². The third-order valence-electron chi connectivity index (χ3n) is 5.10. The number of benzene rings is 3. The molecule has 0 aliphatic carbocycles. The van der Waals surface area contributed by atoms with Crippen molar-refractivity contribution in [2.75, 3.05) is 25.0 Å². The number of carbonyl (C=O) groups is 2. The molecule has 0 fully saturated rings. The molecule has 6 heteroatoms. The molecule has 3 aromatic carbocycles. The van der Waals surface area contributed by atoms with E-state index < -0.39 is 0 Å². The van der Waals surface area contributed by atoms with Crippen LogP contribution in [0.5, 0.6) is 5.75 Å². The maximum atomic E-state index is 13.0. The minimum absolute atomic E-state index is 0.0570. The SMILES string of the molecule is CCN(CC)C(=O)c1cccc(NC(=O)c2cc(Br)ccc2OCCc2ccccc2)c1. The Morgan fingerprint density at radius 1 is 0.938 bits per heavy atom. The van der Waals surface area contributed by atoms with Gasteiger partial charge in [0.1, 0.15) is 5.75 Å². The third kappa shape index (κ3) is 6.20. The zero-order valence-electron chi connectivity index (χ0n) is 18.3. The van der Waals surface area contributed by atoms with Crippen molar-refractivity contribution in [3.63, 3.8) is 0 Å². The number of anilines is 1. The topological polar surface area (TPSA) is 58.6 Å². The maximum Gasteiger partial charge on any atom is 0.259 e. The van der Waals surface area contributed by atoms with Gasteiger partial charge < -0.3 is 15.0 Å². The normalized spacial score (nSPS) is 10.5. The van der Waals surface area contributed by atoms with E-state index in [4.69, 9.17) is 4.74 Å². The first kappa shape index (κ1) is 23.5. The molecule has 0 atom stereocenters. The van der Waals surface area contributed by atoms with Crippen LogP contribution in [0.4, 0.5) is 5.69 Å². The highest BCUT2D eigenvalue weighted by Gasteiger charge is 2.16. The van der Waals surface area contributed by atoms with Crippen LogP contribution >= 0.6 is 15.9 Å². The summed E-state index contributed by atoms with van der Waals surface area (Å²) in [5.74, 6) is 0.156. The number of amides is 2. The fourth-order valence-electron chi connectivity index (χ4n) is 3.35. The Kier molecular flexibility index (Phi) is 8.45. The van der Waals surface area contributed by atoms with E-state index in [0.717, 1.165) is 10.9 Å². The lowest BCUT2D eigenvalue weighted by Crippen LogP contribution is -2.30. The number of rotatable bonds is 9. The minimum Gasteiger partial charge on any atom is -0.492 e. The molecule has 0 spiro atoms. The van der Waals surface area contributed by atoms with E-state index in [0.29, 0.717) is 42.3 Å². The summed E-state index contributed by atoms with van der Waals surface area (Å²) in [6, 6.07) is 22.4. The second kappa shape index (κ2) is 11.5. The molecule has 3 aromatic rings. The molecule has 2 amide bonds. The van der Waals surface area contributed by atoms with Gasteiger partial charge in [0.05, 0.1) is 12.2 Å². The Balaban J connectivity index is 1.73. The number of hydrogen-bond donors (Lipinski definition) is 1. The molecule has 1 N–H and O–H groups in total. The summed E-state index contributed by atoms with van der Waals surface area (Å²) in [4.78, 5) is 27.4. The highest BCUT2D eigenvalue weighted by molar-refractivity contribution is 9.10. The van der Waals surface area contributed by atoms with Gasteiger partial charge >= 0.3 is 0 Å². The molecule has 0 bridgehead atoms. The minimum atomic E-state index is -0.298. The predicted octanol–water partition coefficient (Wildman–Crippen LogP) is 5.80. The molecule has 0 saturated carbocycles. The van der Waals surface area contributed by atoms with E-state index in [1.807, 2.05) is 50.2 Å². The molecule has 0 radical (unpaired) electrons. The molecule has 32 heavy (non-hydrogen) atoms. The summed E-state index contributed by atoms with van der Waals surface area (Å²) in [6.07, 6.45) is 0.744. The van der Waals surface area contributed by atoms with Gasteiger partial charge in [-0.05, 0) is 55.8 Å². The van der Waals surface area contributed by atoms with Crippen LogP contribution < -0.4 is 10.1 Å². The van der Waals surface area contributed by atoms with Crippen molar-refractivity contribution < 1.29 is 14.3 Å². The Labute approximate surface area is 197 Å². The van der Waals surface area contributed by atoms with Crippen LogP contribution in [-0.2, 0) is 6.42 Å². The largest absolute Gasteiger partial charge is 0.492 e. The van der Waals surface area contributed by atoms with Crippen LogP contribution in [0, 0.1) is 0 Å². The Morgan fingerprint density at radius 2 is 1.69 bits per heavy atom.